The molecule has 0 amide bonds. The number of hydrogen-bond acceptors (Lipinski definition) is 4. The predicted octanol–water partition coefficient (Wildman–Crippen LogP) is 3.86. The van der Waals surface area contributed by atoms with E-state index in [9.17, 15) is 8.42 Å². The summed E-state index contributed by atoms with van der Waals surface area (Å²) in [7, 11) is -2.40. The number of hydrogen-bond donors (Lipinski definition) is 0. The molecule has 0 unspecified atom stereocenters. The van der Waals surface area contributed by atoms with E-state index in [0.29, 0.717) is 10.3 Å². The minimum absolute atomic E-state index is 0.200. The average Bonchev–Trinajstić information content (AvgIpc) is 2.17. The summed E-state index contributed by atoms with van der Waals surface area (Å²) in [5.74, 6) is 0. The van der Waals surface area contributed by atoms with Crippen molar-refractivity contribution in [1.82, 2.24) is 0 Å². The molecule has 0 aliphatic rings. The molecule has 2 nitrogen and oxygen atoms in total. The van der Waals surface area contributed by atoms with E-state index in [-0.39, 0.29) is 9.92 Å². The highest BCUT2D eigenvalue weighted by molar-refractivity contribution is 8.73. The fraction of sp³-hybridized carbons (Fsp3) is 0.400. The summed E-state index contributed by atoms with van der Waals surface area (Å²) >= 11 is 7.45. The Bertz CT molecular complexity index is 443. The Morgan fingerprint density at radius 1 is 1.31 bits per heavy atom. The molecule has 1 aromatic carbocycles. The van der Waals surface area contributed by atoms with Crippen LogP contribution in [0.15, 0.2) is 29.2 Å². The molecule has 0 heterocycles. The van der Waals surface area contributed by atoms with E-state index >= 15 is 0 Å². The van der Waals surface area contributed by atoms with Crippen LogP contribution in [0.1, 0.15) is 13.8 Å². The zero-order chi connectivity index (χ0) is 12.2. The van der Waals surface area contributed by atoms with Gasteiger partial charge in [0.15, 0.2) is 0 Å². The molecule has 16 heavy (non-hydrogen) atoms. The quantitative estimate of drug-likeness (QED) is 0.610. The first-order chi connectivity index (χ1) is 7.43. The van der Waals surface area contributed by atoms with Gasteiger partial charge in [-0.3, -0.25) is 0 Å². The molecule has 0 fully saturated rings. The van der Waals surface area contributed by atoms with Crippen LogP contribution in [-0.2, 0) is 8.87 Å². The summed E-state index contributed by atoms with van der Waals surface area (Å²) < 4.78 is 23.8. The lowest BCUT2D eigenvalue weighted by Gasteiger charge is -2.06. The van der Waals surface area contributed by atoms with Crippen LogP contribution in [0.25, 0.3) is 0 Å². The summed E-state index contributed by atoms with van der Waals surface area (Å²) in [5.41, 5.74) is 0. The lowest BCUT2D eigenvalue weighted by Crippen LogP contribution is -1.97. The van der Waals surface area contributed by atoms with Crippen LogP contribution in [0, 0.1) is 0 Å². The van der Waals surface area contributed by atoms with Gasteiger partial charge in [0.2, 0.25) is 8.87 Å². The number of halogens is 1. The van der Waals surface area contributed by atoms with Gasteiger partial charge in [0.25, 0.3) is 0 Å². The van der Waals surface area contributed by atoms with E-state index in [1.807, 2.05) is 13.8 Å². The molecular formula is C10H13ClO2S3. The van der Waals surface area contributed by atoms with Crippen LogP contribution in [0.4, 0.5) is 0 Å². The van der Waals surface area contributed by atoms with Crippen molar-refractivity contribution in [3.8, 4) is 0 Å². The van der Waals surface area contributed by atoms with Crippen LogP contribution in [-0.4, -0.2) is 18.8 Å². The maximum atomic E-state index is 11.9. The van der Waals surface area contributed by atoms with Crippen LogP contribution in [0.2, 0.25) is 5.02 Å². The minimum Gasteiger partial charge on any atom is -0.212 e. The first-order valence-electron chi connectivity index (χ1n) is 4.69. The van der Waals surface area contributed by atoms with E-state index in [2.05, 4.69) is 0 Å². The molecule has 0 bridgehead atoms. The molecule has 0 aromatic heterocycles. The largest absolute Gasteiger partial charge is 0.232 e. The second-order valence-corrected chi connectivity index (χ2v) is 9.57. The maximum absolute atomic E-state index is 11.9. The molecule has 0 saturated heterocycles. The molecule has 0 spiro atoms. The average molecular weight is 297 g/mol. The lowest BCUT2D eigenvalue weighted by atomic mass is 10.4. The highest BCUT2D eigenvalue weighted by Crippen LogP contribution is 2.31. The van der Waals surface area contributed by atoms with Crippen molar-refractivity contribution >= 4 is 43.0 Å². The van der Waals surface area contributed by atoms with Crippen LogP contribution in [0.3, 0.4) is 0 Å². The molecule has 1 rings (SSSR count). The van der Waals surface area contributed by atoms with Crippen LogP contribution < -0.4 is 0 Å². The number of rotatable bonds is 5. The Kier molecular flexibility index (Phi) is 5.50. The van der Waals surface area contributed by atoms with Crippen molar-refractivity contribution in [3.05, 3.63) is 29.3 Å². The molecule has 0 radical (unpaired) electrons. The van der Waals surface area contributed by atoms with Crippen molar-refractivity contribution in [1.29, 1.82) is 0 Å². The molecule has 0 atom stereocenters. The predicted molar refractivity (Wildman–Crippen MR) is 73.8 cm³/mol. The Balaban J connectivity index is 2.75. The Morgan fingerprint density at radius 2 is 1.94 bits per heavy atom. The van der Waals surface area contributed by atoms with Crippen LogP contribution in [0.5, 0.6) is 0 Å². The van der Waals surface area contributed by atoms with Crippen molar-refractivity contribution < 1.29 is 8.42 Å². The molecular weight excluding hydrogens is 284 g/mol. The normalized spacial score (nSPS) is 12.0. The molecule has 0 N–H and O–H groups in total. The second kappa shape index (κ2) is 6.19. The van der Waals surface area contributed by atoms with Crippen molar-refractivity contribution in [3.63, 3.8) is 0 Å². The summed E-state index contributed by atoms with van der Waals surface area (Å²) in [6, 6.07) is 6.51. The topological polar surface area (TPSA) is 34.1 Å². The highest BCUT2D eigenvalue weighted by Gasteiger charge is 2.18. The SMILES string of the molecule is CC(C)SCSS(=O)(=O)c1ccccc1Cl. The monoisotopic (exact) mass is 296 g/mol. The van der Waals surface area contributed by atoms with Gasteiger partial charge in [-0.25, -0.2) is 8.42 Å². The third kappa shape index (κ3) is 4.20. The van der Waals surface area contributed by atoms with Gasteiger partial charge in [0, 0.05) is 0 Å². The first-order valence-corrected chi connectivity index (χ1v) is 9.10. The van der Waals surface area contributed by atoms with Gasteiger partial charge in [-0.2, -0.15) is 0 Å². The molecule has 6 heteroatoms. The van der Waals surface area contributed by atoms with E-state index in [1.165, 1.54) is 6.07 Å². The molecule has 1 aromatic rings. The fourth-order valence-electron chi connectivity index (χ4n) is 0.938. The van der Waals surface area contributed by atoms with Crippen molar-refractivity contribution in [2.75, 3.05) is 5.08 Å². The van der Waals surface area contributed by atoms with E-state index < -0.39 is 8.87 Å². The van der Waals surface area contributed by atoms with E-state index in [1.54, 1.807) is 30.0 Å². The molecule has 0 saturated carbocycles. The van der Waals surface area contributed by atoms with Gasteiger partial charge >= 0.3 is 0 Å². The summed E-state index contributed by atoms with van der Waals surface area (Å²) in [5, 5.41) is 1.23. The zero-order valence-corrected chi connectivity index (χ0v) is 12.2. The van der Waals surface area contributed by atoms with Gasteiger partial charge in [-0.05, 0) is 28.2 Å². The Hall–Kier alpha value is 0.160. The highest BCUT2D eigenvalue weighted by atomic mass is 35.5. The van der Waals surface area contributed by atoms with Gasteiger partial charge in [0.05, 0.1) is 15.0 Å². The Morgan fingerprint density at radius 3 is 2.50 bits per heavy atom. The third-order valence-corrected chi connectivity index (χ3v) is 7.29. The van der Waals surface area contributed by atoms with E-state index in [4.69, 9.17) is 11.6 Å². The summed E-state index contributed by atoms with van der Waals surface area (Å²) in [4.78, 5) is 0.200. The van der Waals surface area contributed by atoms with Crippen molar-refractivity contribution in [2.24, 2.45) is 0 Å². The molecule has 0 aliphatic heterocycles. The van der Waals surface area contributed by atoms with Gasteiger partial charge < -0.3 is 0 Å². The number of thioether (sulfide) groups is 1. The zero-order valence-electron chi connectivity index (χ0n) is 9.01. The second-order valence-electron chi connectivity index (χ2n) is 3.34. The standard InChI is InChI=1S/C10H13ClO2S3/c1-8(2)14-7-15-16(12,13)10-6-4-3-5-9(10)11/h3-6,8H,7H2,1-2H3. The molecule has 90 valence electrons. The Labute approximate surface area is 109 Å². The number of benzene rings is 1. The van der Waals surface area contributed by atoms with Gasteiger partial charge in [-0.15, -0.1) is 11.8 Å². The molecule has 0 aliphatic carbocycles. The van der Waals surface area contributed by atoms with Crippen LogP contribution >= 0.6 is 34.2 Å². The first kappa shape index (κ1) is 14.2. The minimum atomic E-state index is -3.32. The van der Waals surface area contributed by atoms with E-state index in [0.717, 1.165) is 10.8 Å². The summed E-state index contributed by atoms with van der Waals surface area (Å²) in [6.07, 6.45) is 0. The van der Waals surface area contributed by atoms with Gasteiger partial charge in [0.1, 0.15) is 0 Å². The third-order valence-electron chi connectivity index (χ3n) is 1.71. The van der Waals surface area contributed by atoms with Gasteiger partial charge in [-0.1, -0.05) is 37.6 Å². The summed E-state index contributed by atoms with van der Waals surface area (Å²) in [6.45, 7) is 4.07. The maximum Gasteiger partial charge on any atom is 0.232 e. The fourth-order valence-corrected chi connectivity index (χ4v) is 6.47. The smallest absolute Gasteiger partial charge is 0.212 e. The van der Waals surface area contributed by atoms with Crippen molar-refractivity contribution in [2.45, 2.75) is 24.0 Å². The lowest BCUT2D eigenvalue weighted by molar-refractivity contribution is 0.610.